The van der Waals surface area contributed by atoms with Gasteiger partial charge < -0.3 is 5.11 Å². The molecule has 0 amide bonds. The maximum absolute atomic E-state index is 12.3. The number of rotatable bonds is 4. The molecule has 15 heavy (non-hydrogen) atoms. The summed E-state index contributed by atoms with van der Waals surface area (Å²) in [6.07, 6.45) is -1.94. The Hall–Kier alpha value is -0.290. The smallest absolute Gasteiger partial charge is 0.391 e. The summed E-state index contributed by atoms with van der Waals surface area (Å²) in [4.78, 5) is 1.37. The van der Waals surface area contributed by atoms with Gasteiger partial charge in [-0.1, -0.05) is 6.92 Å². The molecule has 1 saturated carbocycles. The van der Waals surface area contributed by atoms with Crippen LogP contribution in [0.3, 0.4) is 0 Å². The second-order valence-corrected chi connectivity index (χ2v) is 4.15. The Labute approximate surface area is 88.1 Å². The molecule has 0 radical (unpaired) electrons. The zero-order chi connectivity index (χ0) is 11.5. The van der Waals surface area contributed by atoms with Gasteiger partial charge >= 0.3 is 6.18 Å². The first-order valence-electron chi connectivity index (χ1n) is 5.43. The second-order valence-electron chi connectivity index (χ2n) is 4.15. The lowest BCUT2D eigenvalue weighted by molar-refractivity contribution is -0.154. The van der Waals surface area contributed by atoms with Gasteiger partial charge in [0.25, 0.3) is 0 Å². The van der Waals surface area contributed by atoms with E-state index in [0.717, 1.165) is 6.42 Å². The molecule has 2 atom stereocenters. The van der Waals surface area contributed by atoms with E-state index in [1.165, 1.54) is 4.90 Å². The quantitative estimate of drug-likeness (QED) is 0.792. The maximum atomic E-state index is 12.3. The molecular formula is C10H18F3NO. The average Bonchev–Trinajstić information content (AvgIpc) is 2.48. The molecular weight excluding hydrogens is 207 g/mol. The first-order valence-corrected chi connectivity index (χ1v) is 5.43. The fourth-order valence-corrected chi connectivity index (χ4v) is 2.23. The zero-order valence-electron chi connectivity index (χ0n) is 8.93. The van der Waals surface area contributed by atoms with Crippen molar-refractivity contribution in [2.45, 2.75) is 50.9 Å². The lowest BCUT2D eigenvalue weighted by atomic mass is 10.1. The van der Waals surface area contributed by atoms with Crippen LogP contribution in [0.2, 0.25) is 0 Å². The van der Waals surface area contributed by atoms with E-state index in [9.17, 15) is 18.3 Å². The molecule has 5 heteroatoms. The summed E-state index contributed by atoms with van der Waals surface area (Å²) < 4.78 is 36.9. The van der Waals surface area contributed by atoms with Gasteiger partial charge in [-0.3, -0.25) is 4.90 Å². The lowest BCUT2D eigenvalue weighted by Crippen LogP contribution is -2.45. The van der Waals surface area contributed by atoms with Gasteiger partial charge in [-0.05, 0) is 32.2 Å². The van der Waals surface area contributed by atoms with E-state index in [0.29, 0.717) is 25.8 Å². The molecule has 0 aliphatic heterocycles. The van der Waals surface area contributed by atoms with Crippen LogP contribution in [-0.2, 0) is 0 Å². The SMILES string of the molecule is CCCN(CC(F)(F)F)C1CCCC1O. The topological polar surface area (TPSA) is 23.5 Å². The van der Waals surface area contributed by atoms with E-state index in [-0.39, 0.29) is 6.04 Å². The van der Waals surface area contributed by atoms with Crippen LogP contribution in [0.25, 0.3) is 0 Å². The number of hydrogen-bond acceptors (Lipinski definition) is 2. The van der Waals surface area contributed by atoms with Crippen molar-refractivity contribution in [3.05, 3.63) is 0 Å². The molecule has 1 rings (SSSR count). The molecule has 0 saturated heterocycles. The third-order valence-corrected chi connectivity index (χ3v) is 2.81. The van der Waals surface area contributed by atoms with Gasteiger partial charge in [0.2, 0.25) is 0 Å². The van der Waals surface area contributed by atoms with Crippen molar-refractivity contribution in [3.8, 4) is 0 Å². The van der Waals surface area contributed by atoms with Crippen LogP contribution < -0.4 is 0 Å². The third-order valence-electron chi connectivity index (χ3n) is 2.81. The minimum atomic E-state index is -4.17. The highest BCUT2D eigenvalue weighted by atomic mass is 19.4. The molecule has 90 valence electrons. The number of nitrogens with zero attached hydrogens (tertiary/aromatic N) is 1. The lowest BCUT2D eigenvalue weighted by Gasteiger charge is -2.31. The highest BCUT2D eigenvalue weighted by Crippen LogP contribution is 2.27. The summed E-state index contributed by atoms with van der Waals surface area (Å²) in [6.45, 7) is 1.36. The Morgan fingerprint density at radius 2 is 2.00 bits per heavy atom. The molecule has 1 aliphatic rings. The van der Waals surface area contributed by atoms with Crippen molar-refractivity contribution in [1.29, 1.82) is 0 Å². The van der Waals surface area contributed by atoms with Gasteiger partial charge in [0.1, 0.15) is 0 Å². The van der Waals surface area contributed by atoms with Crippen LogP contribution in [0.1, 0.15) is 32.6 Å². The van der Waals surface area contributed by atoms with Crippen LogP contribution in [0.4, 0.5) is 13.2 Å². The summed E-state index contributed by atoms with van der Waals surface area (Å²) >= 11 is 0. The van der Waals surface area contributed by atoms with E-state index >= 15 is 0 Å². The third kappa shape index (κ3) is 3.99. The Balaban J connectivity index is 2.56. The zero-order valence-corrected chi connectivity index (χ0v) is 8.93. The molecule has 0 aromatic heterocycles. The molecule has 0 heterocycles. The van der Waals surface area contributed by atoms with Crippen molar-refractivity contribution < 1.29 is 18.3 Å². The summed E-state index contributed by atoms with van der Waals surface area (Å²) in [7, 11) is 0. The van der Waals surface area contributed by atoms with Gasteiger partial charge in [0.15, 0.2) is 0 Å². The molecule has 1 fully saturated rings. The number of aliphatic hydroxyl groups excluding tert-OH is 1. The molecule has 1 N–H and O–H groups in total. The number of aliphatic hydroxyl groups is 1. The van der Waals surface area contributed by atoms with Gasteiger partial charge in [-0.25, -0.2) is 0 Å². The molecule has 0 bridgehead atoms. The Kier molecular flexibility index (Phi) is 4.40. The summed E-state index contributed by atoms with van der Waals surface area (Å²) in [5, 5.41) is 9.57. The summed E-state index contributed by atoms with van der Waals surface area (Å²) in [5.74, 6) is 0. The highest BCUT2D eigenvalue weighted by Gasteiger charge is 2.37. The van der Waals surface area contributed by atoms with E-state index in [2.05, 4.69) is 0 Å². The summed E-state index contributed by atoms with van der Waals surface area (Å²) in [5.41, 5.74) is 0. The summed E-state index contributed by atoms with van der Waals surface area (Å²) in [6, 6.07) is -0.299. The predicted octanol–water partition coefficient (Wildman–Crippen LogP) is 2.17. The Morgan fingerprint density at radius 1 is 1.33 bits per heavy atom. The van der Waals surface area contributed by atoms with E-state index in [1.54, 1.807) is 0 Å². The highest BCUT2D eigenvalue weighted by molar-refractivity contribution is 4.86. The first-order chi connectivity index (χ1) is 6.94. The van der Waals surface area contributed by atoms with Gasteiger partial charge in [0, 0.05) is 6.04 Å². The van der Waals surface area contributed by atoms with Crippen molar-refractivity contribution in [3.63, 3.8) is 0 Å². The van der Waals surface area contributed by atoms with E-state index in [1.807, 2.05) is 6.92 Å². The van der Waals surface area contributed by atoms with Crippen LogP contribution >= 0.6 is 0 Å². The number of halogens is 3. The Bertz CT molecular complexity index is 196. The maximum Gasteiger partial charge on any atom is 0.401 e. The van der Waals surface area contributed by atoms with E-state index in [4.69, 9.17) is 0 Å². The van der Waals surface area contributed by atoms with Crippen LogP contribution in [0.5, 0.6) is 0 Å². The van der Waals surface area contributed by atoms with E-state index < -0.39 is 18.8 Å². The fourth-order valence-electron chi connectivity index (χ4n) is 2.23. The van der Waals surface area contributed by atoms with Crippen LogP contribution in [0, 0.1) is 0 Å². The Morgan fingerprint density at radius 3 is 2.40 bits per heavy atom. The minimum absolute atomic E-state index is 0.299. The van der Waals surface area contributed by atoms with Crippen molar-refractivity contribution in [2.75, 3.05) is 13.1 Å². The van der Waals surface area contributed by atoms with Crippen LogP contribution in [-0.4, -0.2) is 41.4 Å². The average molecular weight is 225 g/mol. The monoisotopic (exact) mass is 225 g/mol. The number of alkyl halides is 3. The molecule has 0 aromatic rings. The molecule has 1 aliphatic carbocycles. The number of hydrogen-bond donors (Lipinski definition) is 1. The molecule has 0 spiro atoms. The second kappa shape index (κ2) is 5.16. The fraction of sp³-hybridized carbons (Fsp3) is 1.00. The first kappa shape index (κ1) is 12.8. The normalized spacial score (nSPS) is 27.6. The van der Waals surface area contributed by atoms with Gasteiger partial charge in [-0.15, -0.1) is 0 Å². The van der Waals surface area contributed by atoms with Crippen molar-refractivity contribution >= 4 is 0 Å². The molecule has 0 aromatic carbocycles. The van der Waals surface area contributed by atoms with Crippen molar-refractivity contribution in [2.24, 2.45) is 0 Å². The standard InChI is InChI=1S/C10H18F3NO/c1-2-6-14(7-10(11,12)13)8-4-3-5-9(8)15/h8-9,15H,2-7H2,1H3. The molecule has 2 unspecified atom stereocenters. The van der Waals surface area contributed by atoms with Gasteiger partial charge in [0.05, 0.1) is 12.6 Å². The largest absolute Gasteiger partial charge is 0.401 e. The van der Waals surface area contributed by atoms with Gasteiger partial charge in [-0.2, -0.15) is 13.2 Å². The minimum Gasteiger partial charge on any atom is -0.391 e. The molecule has 2 nitrogen and oxygen atoms in total. The predicted molar refractivity (Wildman–Crippen MR) is 51.6 cm³/mol. The van der Waals surface area contributed by atoms with Crippen LogP contribution in [0.15, 0.2) is 0 Å². The van der Waals surface area contributed by atoms with Crippen molar-refractivity contribution in [1.82, 2.24) is 4.90 Å².